The zero-order chi connectivity index (χ0) is 32.7. The molecule has 0 saturated carbocycles. The predicted molar refractivity (Wildman–Crippen MR) is 167 cm³/mol. The van der Waals surface area contributed by atoms with Crippen LogP contribution >= 0.6 is 60.6 Å². The standard InChI is InChI=1S/C22H21Cl3N6O11P2S2/c23-7-1-9-10(2-8(7)24)31(22(25)29-9)21-15(33)17-12(40-21)4-38-43(35,45)41-16-11(3-37-44(36,46)42-17)39-20(14(16)32)30-6-28-13-18(30)26-5-27-19(13)34/h1-2,5-6,11-12,14-17,20-21,32-33H,3-4H2,(H,35,45)(H,36,46)(H,26,27,34)/t11-,12-,14+,15?,16?,17+,20-,21-,43?,44?/m1/s1. The van der Waals surface area contributed by atoms with Gasteiger partial charge in [-0.15, -0.1) is 0 Å². The molecule has 0 aliphatic carbocycles. The molecule has 0 spiro atoms. The van der Waals surface area contributed by atoms with E-state index in [1.165, 1.54) is 27.6 Å². The third-order valence-corrected chi connectivity index (χ3v) is 11.7. The molecule has 24 heteroatoms. The summed E-state index contributed by atoms with van der Waals surface area (Å²) in [6, 6.07) is 2.95. The summed E-state index contributed by atoms with van der Waals surface area (Å²) in [5.74, 6) is 0. The van der Waals surface area contributed by atoms with Gasteiger partial charge >= 0.3 is 13.5 Å². The van der Waals surface area contributed by atoms with Gasteiger partial charge in [0.05, 0.1) is 46.9 Å². The minimum absolute atomic E-state index is 0.0240. The van der Waals surface area contributed by atoms with Gasteiger partial charge in [0, 0.05) is 0 Å². The number of H-pyrrole nitrogens is 1. The maximum atomic E-state index is 13.5. The van der Waals surface area contributed by atoms with Crippen molar-refractivity contribution in [2.45, 2.75) is 49.1 Å². The summed E-state index contributed by atoms with van der Waals surface area (Å²) in [6.07, 6.45) is -8.62. The van der Waals surface area contributed by atoms with Gasteiger partial charge in [-0.05, 0) is 35.5 Å². The number of ether oxygens (including phenoxy) is 2. The predicted octanol–water partition coefficient (Wildman–Crippen LogP) is 2.72. The lowest BCUT2D eigenvalue weighted by Gasteiger charge is -2.29. The van der Waals surface area contributed by atoms with Crippen LogP contribution in [0.2, 0.25) is 15.3 Å². The van der Waals surface area contributed by atoms with Crippen molar-refractivity contribution in [2.24, 2.45) is 0 Å². The smallest absolute Gasteiger partial charge is 0.386 e. The SMILES string of the molecule is O=c1[nH]cnc2c1ncn2[C@@H]1O[C@@H]2COP(O)(=S)O[C@@H]3C(O)[C@H](n4c(Cl)nc5cc(Cl)c(Cl)cc54)O[C@@H]3COP(=O)(S)OC2[C@@H]1O. The number of hydrogen-bond donors (Lipinski definition) is 5. The van der Waals surface area contributed by atoms with Gasteiger partial charge in [-0.1, -0.05) is 35.5 Å². The molecular weight excluding hydrogens is 757 g/mol. The fourth-order valence-electron chi connectivity index (χ4n) is 5.47. The number of aliphatic hydroxyl groups is 2. The molecule has 7 rings (SSSR count). The summed E-state index contributed by atoms with van der Waals surface area (Å²) in [5, 5.41) is 22.9. The molecule has 3 saturated heterocycles. The maximum Gasteiger partial charge on any atom is 0.386 e. The highest BCUT2D eigenvalue weighted by atomic mass is 35.5. The van der Waals surface area contributed by atoms with Crippen LogP contribution in [-0.2, 0) is 43.9 Å². The van der Waals surface area contributed by atoms with Crippen LogP contribution in [-0.4, -0.2) is 94.0 Å². The van der Waals surface area contributed by atoms with Crippen molar-refractivity contribution in [1.82, 2.24) is 29.1 Å². The van der Waals surface area contributed by atoms with Crippen molar-refractivity contribution >= 4 is 94.6 Å². The van der Waals surface area contributed by atoms with Crippen LogP contribution in [0.5, 0.6) is 0 Å². The van der Waals surface area contributed by atoms with Gasteiger partial charge in [0.25, 0.3) is 5.56 Å². The lowest BCUT2D eigenvalue weighted by molar-refractivity contribution is -0.0576. The molecule has 10 atom stereocenters. The number of hydrogen-bond acceptors (Lipinski definition) is 14. The van der Waals surface area contributed by atoms with E-state index < -0.39 is 81.4 Å². The Labute approximate surface area is 282 Å². The summed E-state index contributed by atoms with van der Waals surface area (Å²) in [6.45, 7) is -9.62. The second-order valence-electron chi connectivity index (χ2n) is 10.3. The molecule has 4 N–H and O–H groups in total. The van der Waals surface area contributed by atoms with E-state index in [4.69, 9.17) is 74.2 Å². The average Bonchev–Trinajstić information content (AvgIpc) is 3.71. The van der Waals surface area contributed by atoms with Crippen molar-refractivity contribution in [3.8, 4) is 0 Å². The number of thiol groups is 1. The number of aromatic amines is 1. The molecule has 6 heterocycles. The molecular formula is C22H21Cl3N6O11P2S2. The normalized spacial score (nSPS) is 37.2. The number of fused-ring (bicyclic) bond motifs is 4. The number of rotatable bonds is 2. The fourth-order valence-corrected chi connectivity index (χ4v) is 9.00. The van der Waals surface area contributed by atoms with Gasteiger partial charge < -0.3 is 34.1 Å². The number of aliphatic hydroxyl groups excluding tert-OH is 2. The van der Waals surface area contributed by atoms with Crippen molar-refractivity contribution < 1.29 is 47.2 Å². The minimum Gasteiger partial charge on any atom is -0.386 e. The van der Waals surface area contributed by atoms with Gasteiger partial charge in [-0.25, -0.2) is 19.5 Å². The van der Waals surface area contributed by atoms with Gasteiger partial charge in [0.15, 0.2) is 23.6 Å². The van der Waals surface area contributed by atoms with Crippen LogP contribution in [0.15, 0.2) is 29.6 Å². The third-order valence-electron chi connectivity index (χ3n) is 7.51. The van der Waals surface area contributed by atoms with E-state index in [9.17, 15) is 24.5 Å². The Balaban J connectivity index is 1.18. The zero-order valence-corrected chi connectivity index (χ0v) is 28.3. The highest BCUT2D eigenvalue weighted by Crippen LogP contribution is 2.58. The van der Waals surface area contributed by atoms with Crippen LogP contribution < -0.4 is 5.56 Å². The average molecular weight is 778 g/mol. The lowest BCUT2D eigenvalue weighted by Crippen LogP contribution is -2.38. The largest absolute Gasteiger partial charge is 0.386 e. The quantitative estimate of drug-likeness (QED) is 0.146. The van der Waals surface area contributed by atoms with E-state index in [1.807, 2.05) is 0 Å². The number of halogens is 3. The molecule has 46 heavy (non-hydrogen) atoms. The summed E-state index contributed by atoms with van der Waals surface area (Å²) in [7, 11) is 0. The van der Waals surface area contributed by atoms with E-state index in [1.54, 1.807) is 0 Å². The first-order valence-electron chi connectivity index (χ1n) is 13.1. The molecule has 4 aromatic rings. The Hall–Kier alpha value is -1.22. The molecule has 3 aliphatic rings. The number of aromatic nitrogens is 6. The molecule has 3 fully saturated rings. The third kappa shape index (κ3) is 5.98. The highest BCUT2D eigenvalue weighted by Gasteiger charge is 2.53. The molecule has 0 bridgehead atoms. The molecule has 4 unspecified atom stereocenters. The number of imidazole rings is 2. The summed E-state index contributed by atoms with van der Waals surface area (Å²) in [5.41, 5.74) is 0.226. The lowest BCUT2D eigenvalue weighted by atomic mass is 10.1. The Bertz CT molecular complexity index is 2000. The number of nitrogens with zero attached hydrogens (tertiary/aromatic N) is 5. The fraction of sp³-hybridized carbons (Fsp3) is 0.455. The number of nitrogens with one attached hydrogen (secondary N) is 1. The van der Waals surface area contributed by atoms with E-state index in [0.717, 1.165) is 6.33 Å². The van der Waals surface area contributed by atoms with E-state index in [0.29, 0.717) is 11.0 Å². The molecule has 17 nitrogen and oxygen atoms in total. The monoisotopic (exact) mass is 776 g/mol. The Morgan fingerprint density at radius 1 is 1.00 bits per heavy atom. The van der Waals surface area contributed by atoms with E-state index >= 15 is 0 Å². The van der Waals surface area contributed by atoms with E-state index in [-0.39, 0.29) is 26.5 Å². The second-order valence-corrected chi connectivity index (χ2v) is 17.2. The zero-order valence-electron chi connectivity index (χ0n) is 22.6. The maximum absolute atomic E-state index is 13.5. The molecule has 0 radical (unpaired) electrons. The van der Waals surface area contributed by atoms with Crippen molar-refractivity contribution in [1.29, 1.82) is 0 Å². The van der Waals surface area contributed by atoms with Crippen LogP contribution in [0.25, 0.3) is 22.2 Å². The van der Waals surface area contributed by atoms with Crippen LogP contribution in [0.3, 0.4) is 0 Å². The van der Waals surface area contributed by atoms with Crippen LogP contribution in [0.4, 0.5) is 0 Å². The summed E-state index contributed by atoms with van der Waals surface area (Å²) >= 11 is 28.0. The van der Waals surface area contributed by atoms with Crippen molar-refractivity contribution in [3.05, 3.63) is 50.5 Å². The molecule has 248 valence electrons. The molecule has 3 aromatic heterocycles. The first-order chi connectivity index (χ1) is 21.7. The number of benzene rings is 1. The van der Waals surface area contributed by atoms with E-state index in [2.05, 4.69) is 32.2 Å². The first kappa shape index (κ1) is 33.3. The Morgan fingerprint density at radius 3 is 2.41 bits per heavy atom. The summed E-state index contributed by atoms with van der Waals surface area (Å²) in [4.78, 5) is 37.9. The van der Waals surface area contributed by atoms with Crippen molar-refractivity contribution in [2.75, 3.05) is 13.2 Å². The minimum atomic E-state index is -4.32. The van der Waals surface area contributed by atoms with Gasteiger partial charge in [-0.3, -0.25) is 27.5 Å². The topological polar surface area (TPSA) is 215 Å². The van der Waals surface area contributed by atoms with Crippen LogP contribution in [0.1, 0.15) is 12.5 Å². The molecule has 3 aliphatic heterocycles. The Morgan fingerprint density at radius 2 is 1.65 bits per heavy atom. The van der Waals surface area contributed by atoms with Gasteiger partial charge in [-0.2, -0.15) is 0 Å². The van der Waals surface area contributed by atoms with Crippen molar-refractivity contribution in [3.63, 3.8) is 0 Å². The van der Waals surface area contributed by atoms with Gasteiger partial charge in [0.1, 0.15) is 36.6 Å². The summed E-state index contributed by atoms with van der Waals surface area (Å²) < 4.78 is 50.5. The molecule has 1 aromatic carbocycles. The van der Waals surface area contributed by atoms with Gasteiger partial charge in [0.2, 0.25) is 5.28 Å². The van der Waals surface area contributed by atoms with Crippen LogP contribution in [0, 0.1) is 0 Å². The highest BCUT2D eigenvalue weighted by molar-refractivity contribution is 8.44. The molecule has 0 amide bonds. The first-order valence-corrected chi connectivity index (χ1v) is 19.6. The Kier molecular flexibility index (Phi) is 8.88. The second kappa shape index (κ2) is 12.3.